The van der Waals surface area contributed by atoms with Crippen LogP contribution >= 0.6 is 34.8 Å². The first-order valence-corrected chi connectivity index (χ1v) is 6.08. The minimum absolute atomic E-state index is 0.00220. The molecule has 1 aromatic rings. The summed E-state index contributed by atoms with van der Waals surface area (Å²) in [7, 11) is 0. The maximum Gasteiger partial charge on any atom is 0.228 e. The van der Waals surface area contributed by atoms with Gasteiger partial charge in [-0.1, -0.05) is 23.2 Å². The molecule has 0 N–H and O–H groups in total. The smallest absolute Gasteiger partial charge is 0.228 e. The Balaban J connectivity index is 2.28. The molecule has 2 heterocycles. The summed E-state index contributed by atoms with van der Waals surface area (Å²) in [6.45, 7) is 0.566. The molecule has 1 saturated heterocycles. The van der Waals surface area contributed by atoms with Crippen LogP contribution in [0.3, 0.4) is 0 Å². The van der Waals surface area contributed by atoms with E-state index in [9.17, 15) is 4.79 Å². The third kappa shape index (κ3) is 2.26. The first-order valence-electron chi connectivity index (χ1n) is 4.79. The fourth-order valence-corrected chi connectivity index (χ4v) is 2.38. The number of amides is 1. The maximum atomic E-state index is 11.7. The molecule has 1 aliphatic rings. The molecule has 1 amide bonds. The van der Waals surface area contributed by atoms with Crippen molar-refractivity contribution in [1.29, 1.82) is 0 Å². The van der Waals surface area contributed by atoms with E-state index in [-0.39, 0.29) is 11.8 Å². The number of hydrogen-bond donors (Lipinski definition) is 0. The van der Waals surface area contributed by atoms with E-state index in [1.165, 1.54) is 6.20 Å². The average Bonchev–Trinajstić information content (AvgIpc) is 2.60. The van der Waals surface area contributed by atoms with Gasteiger partial charge in [-0.3, -0.25) is 9.69 Å². The summed E-state index contributed by atoms with van der Waals surface area (Å²) in [5.41, 5.74) is 0. The molecule has 0 radical (unpaired) electrons. The van der Waals surface area contributed by atoms with Gasteiger partial charge in [0, 0.05) is 25.0 Å². The summed E-state index contributed by atoms with van der Waals surface area (Å²) in [5.74, 6) is 1.10. The monoisotopic (exact) mass is 278 g/mol. The number of carbonyl (C=O) groups excluding carboxylic acids is 1. The van der Waals surface area contributed by atoms with E-state index >= 15 is 0 Å². The van der Waals surface area contributed by atoms with Crippen molar-refractivity contribution in [2.24, 2.45) is 5.92 Å². The van der Waals surface area contributed by atoms with Crippen LogP contribution in [0.25, 0.3) is 0 Å². The van der Waals surface area contributed by atoms with E-state index in [1.807, 2.05) is 0 Å². The fourth-order valence-electron chi connectivity index (χ4n) is 1.70. The lowest BCUT2D eigenvalue weighted by atomic mass is 10.1. The summed E-state index contributed by atoms with van der Waals surface area (Å²) < 4.78 is 0. The molecular weight excluding hydrogens is 270 g/mol. The maximum absolute atomic E-state index is 11.7. The predicted molar refractivity (Wildman–Crippen MR) is 65.4 cm³/mol. The second-order valence-corrected chi connectivity index (χ2v) is 4.84. The lowest BCUT2D eigenvalue weighted by Crippen LogP contribution is -2.26. The highest BCUT2D eigenvalue weighted by molar-refractivity contribution is 6.36. The van der Waals surface area contributed by atoms with Crippen LogP contribution in [0.2, 0.25) is 10.0 Å². The number of carbonyl (C=O) groups is 1. The number of anilines is 1. The van der Waals surface area contributed by atoms with E-state index in [0.29, 0.717) is 34.7 Å². The molecule has 1 aliphatic heterocycles. The summed E-state index contributed by atoms with van der Waals surface area (Å²) in [5, 5.41) is 0.838. The van der Waals surface area contributed by atoms with Crippen LogP contribution in [-0.4, -0.2) is 23.3 Å². The van der Waals surface area contributed by atoms with Crippen molar-refractivity contribution >= 4 is 46.5 Å². The Morgan fingerprint density at radius 1 is 1.50 bits per heavy atom. The Labute approximate surface area is 108 Å². The molecule has 0 saturated carbocycles. The van der Waals surface area contributed by atoms with Gasteiger partial charge in [0.05, 0.1) is 10.0 Å². The largest absolute Gasteiger partial charge is 0.295 e. The highest BCUT2D eigenvalue weighted by atomic mass is 35.5. The van der Waals surface area contributed by atoms with Crippen molar-refractivity contribution in [1.82, 2.24) is 4.98 Å². The van der Waals surface area contributed by atoms with Gasteiger partial charge in [-0.05, 0) is 12.0 Å². The lowest BCUT2D eigenvalue weighted by Gasteiger charge is -2.16. The highest BCUT2D eigenvalue weighted by Crippen LogP contribution is 2.31. The SMILES string of the molecule is O=C1CC(CCl)CN1c1ncc(Cl)cc1Cl. The minimum atomic E-state index is 0.00220. The van der Waals surface area contributed by atoms with Crippen LogP contribution < -0.4 is 4.90 Å². The van der Waals surface area contributed by atoms with Crippen LogP contribution in [-0.2, 0) is 4.79 Å². The van der Waals surface area contributed by atoms with Crippen molar-refractivity contribution in [2.45, 2.75) is 6.42 Å². The molecule has 1 aromatic heterocycles. The van der Waals surface area contributed by atoms with E-state index in [4.69, 9.17) is 34.8 Å². The quantitative estimate of drug-likeness (QED) is 0.780. The normalized spacial score (nSPS) is 20.6. The Hall–Kier alpha value is -0.510. The van der Waals surface area contributed by atoms with E-state index < -0.39 is 0 Å². The standard InChI is InChI=1S/C10H9Cl3N2O/c11-3-6-1-9(16)15(5-6)10-8(13)2-7(12)4-14-10/h2,4,6H,1,3,5H2. The second kappa shape index (κ2) is 4.78. The zero-order valence-corrected chi connectivity index (χ0v) is 10.6. The summed E-state index contributed by atoms with van der Waals surface area (Å²) in [6.07, 6.45) is 1.92. The third-order valence-corrected chi connectivity index (χ3v) is 3.39. The van der Waals surface area contributed by atoms with Crippen LogP contribution in [0.4, 0.5) is 5.82 Å². The summed E-state index contributed by atoms with van der Waals surface area (Å²) in [4.78, 5) is 17.4. The molecule has 0 spiro atoms. The molecule has 2 rings (SSSR count). The van der Waals surface area contributed by atoms with Crippen LogP contribution in [0, 0.1) is 5.92 Å². The topological polar surface area (TPSA) is 33.2 Å². The fraction of sp³-hybridized carbons (Fsp3) is 0.400. The van der Waals surface area contributed by atoms with Crippen LogP contribution in [0.1, 0.15) is 6.42 Å². The molecule has 86 valence electrons. The number of halogens is 3. The molecule has 6 heteroatoms. The highest BCUT2D eigenvalue weighted by Gasteiger charge is 2.31. The van der Waals surface area contributed by atoms with Gasteiger partial charge < -0.3 is 0 Å². The Morgan fingerprint density at radius 3 is 2.81 bits per heavy atom. The molecule has 1 fully saturated rings. The summed E-state index contributed by atoms with van der Waals surface area (Å²) >= 11 is 17.5. The third-order valence-electron chi connectivity index (χ3n) is 2.47. The number of aromatic nitrogens is 1. The van der Waals surface area contributed by atoms with Gasteiger partial charge in [0.25, 0.3) is 0 Å². The van der Waals surface area contributed by atoms with Gasteiger partial charge in [0.1, 0.15) is 0 Å². The van der Waals surface area contributed by atoms with Crippen LogP contribution in [0.5, 0.6) is 0 Å². The Bertz CT molecular complexity index is 425. The number of alkyl halides is 1. The van der Waals surface area contributed by atoms with Crippen molar-refractivity contribution < 1.29 is 4.79 Å². The minimum Gasteiger partial charge on any atom is -0.295 e. The number of nitrogens with zero attached hydrogens (tertiary/aromatic N) is 2. The van der Waals surface area contributed by atoms with Gasteiger partial charge in [0.15, 0.2) is 5.82 Å². The molecule has 16 heavy (non-hydrogen) atoms. The van der Waals surface area contributed by atoms with Crippen molar-refractivity contribution in [3.63, 3.8) is 0 Å². The molecule has 0 bridgehead atoms. The number of rotatable bonds is 2. The first-order chi connectivity index (χ1) is 7.61. The van der Waals surface area contributed by atoms with Crippen molar-refractivity contribution in [2.75, 3.05) is 17.3 Å². The lowest BCUT2D eigenvalue weighted by molar-refractivity contribution is -0.117. The molecule has 1 atom stereocenters. The zero-order valence-electron chi connectivity index (χ0n) is 8.29. The molecular formula is C10H9Cl3N2O. The molecule has 0 aromatic carbocycles. The van der Waals surface area contributed by atoms with Crippen molar-refractivity contribution in [3.8, 4) is 0 Å². The predicted octanol–water partition coefficient (Wildman–Crippen LogP) is 2.98. The van der Waals surface area contributed by atoms with Crippen molar-refractivity contribution in [3.05, 3.63) is 22.3 Å². The first kappa shape index (κ1) is 12.0. The Morgan fingerprint density at radius 2 is 2.25 bits per heavy atom. The van der Waals surface area contributed by atoms with Gasteiger partial charge in [0.2, 0.25) is 5.91 Å². The number of pyridine rings is 1. The van der Waals surface area contributed by atoms with Gasteiger partial charge in [-0.2, -0.15) is 0 Å². The molecule has 0 aliphatic carbocycles. The van der Waals surface area contributed by atoms with E-state index in [2.05, 4.69) is 4.98 Å². The van der Waals surface area contributed by atoms with Gasteiger partial charge >= 0.3 is 0 Å². The summed E-state index contributed by atoms with van der Waals surface area (Å²) in [6, 6.07) is 1.58. The van der Waals surface area contributed by atoms with E-state index in [1.54, 1.807) is 11.0 Å². The average molecular weight is 280 g/mol. The molecule has 3 nitrogen and oxygen atoms in total. The van der Waals surface area contributed by atoms with E-state index in [0.717, 1.165) is 0 Å². The van der Waals surface area contributed by atoms with Gasteiger partial charge in [-0.15, -0.1) is 11.6 Å². The van der Waals surface area contributed by atoms with Gasteiger partial charge in [-0.25, -0.2) is 4.98 Å². The Kier molecular flexibility index (Phi) is 3.57. The second-order valence-electron chi connectivity index (χ2n) is 3.69. The van der Waals surface area contributed by atoms with Crippen LogP contribution in [0.15, 0.2) is 12.3 Å². The molecule has 1 unspecified atom stereocenters. The number of hydrogen-bond acceptors (Lipinski definition) is 2. The zero-order chi connectivity index (χ0) is 11.7.